The zero-order valence-electron chi connectivity index (χ0n) is 22.7. The Balaban J connectivity index is 1.14. The number of nitrogens with one attached hydrogen (secondary N) is 2. The standard InChI is InChI=1S/C31H47N3O2/c1-21(2)28(30(36)32-12-6-14-34-13-5-4-7-22(34)3)33-29(35)26-8-10-27(11-9-26)31-18-23-15-24(19-31)17-25(16-23)20-31/h8-11,21-25,28H,4-7,12-20H2,1-3H3,(H,32,36)(H,33,35)/t22-,23?,24?,25?,28+,31?/m1/s1. The minimum absolute atomic E-state index is 0.0300. The molecule has 2 N–H and O–H groups in total. The lowest BCUT2D eigenvalue weighted by atomic mass is 9.48. The molecule has 198 valence electrons. The molecule has 4 saturated carbocycles. The molecule has 1 aliphatic heterocycles. The van der Waals surface area contributed by atoms with E-state index in [9.17, 15) is 9.59 Å². The van der Waals surface area contributed by atoms with Crippen LogP contribution in [0.2, 0.25) is 0 Å². The molecule has 1 saturated heterocycles. The van der Waals surface area contributed by atoms with E-state index in [0.29, 0.717) is 23.6 Å². The largest absolute Gasteiger partial charge is 0.354 e. The van der Waals surface area contributed by atoms with Crippen molar-refractivity contribution in [2.24, 2.45) is 23.7 Å². The SMILES string of the molecule is CC(C)[C@H](NC(=O)c1ccc(C23CC4CC(CC(C4)C2)C3)cc1)C(=O)NCCCN1CCCC[C@H]1C. The Morgan fingerprint density at radius 1 is 1.00 bits per heavy atom. The van der Waals surface area contributed by atoms with E-state index in [1.165, 1.54) is 69.9 Å². The van der Waals surface area contributed by atoms with Gasteiger partial charge in [-0.25, -0.2) is 0 Å². The molecule has 1 aromatic carbocycles. The third-order valence-corrected chi connectivity index (χ3v) is 9.90. The van der Waals surface area contributed by atoms with Crippen LogP contribution in [0.15, 0.2) is 24.3 Å². The van der Waals surface area contributed by atoms with Gasteiger partial charge in [0.2, 0.25) is 5.91 Å². The van der Waals surface area contributed by atoms with Gasteiger partial charge in [0, 0.05) is 24.7 Å². The number of likely N-dealkylation sites (tertiary alicyclic amines) is 1. The van der Waals surface area contributed by atoms with Gasteiger partial charge in [-0.2, -0.15) is 0 Å². The molecule has 6 rings (SSSR count). The molecule has 0 spiro atoms. The van der Waals surface area contributed by atoms with Gasteiger partial charge in [0.1, 0.15) is 6.04 Å². The van der Waals surface area contributed by atoms with Crippen molar-refractivity contribution in [2.45, 2.75) is 102 Å². The van der Waals surface area contributed by atoms with Crippen molar-refractivity contribution in [3.8, 4) is 0 Å². The van der Waals surface area contributed by atoms with Gasteiger partial charge in [-0.15, -0.1) is 0 Å². The van der Waals surface area contributed by atoms with E-state index in [-0.39, 0.29) is 17.7 Å². The lowest BCUT2D eigenvalue weighted by Crippen LogP contribution is -2.50. The minimum Gasteiger partial charge on any atom is -0.354 e. The summed E-state index contributed by atoms with van der Waals surface area (Å²) in [6.45, 7) is 9.14. The fourth-order valence-corrected chi connectivity index (χ4v) is 8.29. The molecule has 4 aliphatic carbocycles. The fourth-order valence-electron chi connectivity index (χ4n) is 8.29. The fraction of sp³-hybridized carbons (Fsp3) is 0.742. The molecule has 2 amide bonds. The number of amides is 2. The lowest BCUT2D eigenvalue weighted by molar-refractivity contribution is -0.123. The van der Waals surface area contributed by atoms with Crippen LogP contribution >= 0.6 is 0 Å². The van der Waals surface area contributed by atoms with Gasteiger partial charge < -0.3 is 15.5 Å². The second-order valence-electron chi connectivity index (χ2n) is 13.0. The van der Waals surface area contributed by atoms with E-state index in [1.54, 1.807) is 0 Å². The Hall–Kier alpha value is -1.88. The average Bonchev–Trinajstić information content (AvgIpc) is 2.85. The summed E-state index contributed by atoms with van der Waals surface area (Å²) >= 11 is 0. The van der Waals surface area contributed by atoms with Gasteiger partial charge >= 0.3 is 0 Å². The first kappa shape index (κ1) is 25.8. The maximum atomic E-state index is 13.1. The number of carbonyl (C=O) groups is 2. The molecule has 5 aliphatic rings. The Morgan fingerprint density at radius 2 is 1.64 bits per heavy atom. The lowest BCUT2D eigenvalue weighted by Gasteiger charge is -2.57. The molecule has 0 aromatic heterocycles. The number of hydrogen-bond acceptors (Lipinski definition) is 3. The summed E-state index contributed by atoms with van der Waals surface area (Å²) in [6.07, 6.45) is 13.1. The zero-order valence-corrected chi connectivity index (χ0v) is 22.7. The Bertz CT molecular complexity index is 889. The van der Waals surface area contributed by atoms with Crippen LogP contribution in [0.3, 0.4) is 0 Å². The third kappa shape index (κ3) is 5.51. The van der Waals surface area contributed by atoms with Crippen LogP contribution in [-0.4, -0.2) is 48.4 Å². The molecule has 1 aromatic rings. The van der Waals surface area contributed by atoms with Crippen molar-refractivity contribution >= 4 is 11.8 Å². The molecule has 0 radical (unpaired) electrons. The number of piperidine rings is 1. The van der Waals surface area contributed by atoms with E-state index in [2.05, 4.69) is 34.6 Å². The first-order chi connectivity index (χ1) is 17.3. The maximum Gasteiger partial charge on any atom is 0.251 e. The monoisotopic (exact) mass is 493 g/mol. The zero-order chi connectivity index (χ0) is 25.3. The number of carbonyl (C=O) groups excluding carboxylic acids is 2. The van der Waals surface area contributed by atoms with Crippen LogP contribution in [-0.2, 0) is 10.2 Å². The predicted molar refractivity (Wildman–Crippen MR) is 145 cm³/mol. The van der Waals surface area contributed by atoms with Gasteiger partial charge in [-0.3, -0.25) is 9.59 Å². The highest BCUT2D eigenvalue weighted by Crippen LogP contribution is 2.60. The van der Waals surface area contributed by atoms with Crippen molar-refractivity contribution < 1.29 is 9.59 Å². The molecule has 5 nitrogen and oxygen atoms in total. The molecule has 36 heavy (non-hydrogen) atoms. The first-order valence-electron chi connectivity index (χ1n) is 14.8. The Kier molecular flexibility index (Phi) is 7.76. The smallest absolute Gasteiger partial charge is 0.251 e. The second-order valence-corrected chi connectivity index (χ2v) is 13.0. The highest BCUT2D eigenvalue weighted by atomic mass is 16.2. The number of benzene rings is 1. The van der Waals surface area contributed by atoms with Crippen LogP contribution in [0.1, 0.15) is 101 Å². The first-order valence-corrected chi connectivity index (χ1v) is 14.8. The van der Waals surface area contributed by atoms with Crippen molar-refractivity contribution in [1.82, 2.24) is 15.5 Å². The van der Waals surface area contributed by atoms with E-state index >= 15 is 0 Å². The highest BCUT2D eigenvalue weighted by molar-refractivity contribution is 5.97. The summed E-state index contributed by atoms with van der Waals surface area (Å²) in [5, 5.41) is 6.10. The van der Waals surface area contributed by atoms with Crippen LogP contribution in [0, 0.1) is 23.7 Å². The molecule has 5 fully saturated rings. The van der Waals surface area contributed by atoms with Crippen LogP contribution < -0.4 is 10.6 Å². The van der Waals surface area contributed by atoms with E-state index in [4.69, 9.17) is 0 Å². The molecule has 4 bridgehead atoms. The normalized spacial score (nSPS) is 32.4. The summed E-state index contributed by atoms with van der Waals surface area (Å²) in [4.78, 5) is 28.6. The van der Waals surface area contributed by atoms with E-state index in [1.807, 2.05) is 26.0 Å². The molecule has 1 heterocycles. The van der Waals surface area contributed by atoms with Crippen LogP contribution in [0.25, 0.3) is 0 Å². The van der Waals surface area contributed by atoms with Gasteiger partial charge in [0.05, 0.1) is 0 Å². The molecule has 5 heteroatoms. The molecular formula is C31H47N3O2. The summed E-state index contributed by atoms with van der Waals surface area (Å²) < 4.78 is 0. The summed E-state index contributed by atoms with van der Waals surface area (Å²) in [7, 11) is 0. The molecule has 0 unspecified atom stereocenters. The van der Waals surface area contributed by atoms with Crippen molar-refractivity contribution in [3.05, 3.63) is 35.4 Å². The maximum absolute atomic E-state index is 13.1. The number of rotatable bonds is 9. The average molecular weight is 494 g/mol. The predicted octanol–water partition coefficient (Wildman–Crippen LogP) is 5.29. The summed E-state index contributed by atoms with van der Waals surface area (Å²) in [5.41, 5.74) is 2.43. The van der Waals surface area contributed by atoms with Gasteiger partial charge in [0.15, 0.2) is 0 Å². The Morgan fingerprint density at radius 3 is 2.22 bits per heavy atom. The van der Waals surface area contributed by atoms with Crippen molar-refractivity contribution in [3.63, 3.8) is 0 Å². The third-order valence-electron chi connectivity index (χ3n) is 9.90. The van der Waals surface area contributed by atoms with Crippen LogP contribution in [0.4, 0.5) is 0 Å². The summed E-state index contributed by atoms with van der Waals surface area (Å²) in [6, 6.07) is 8.50. The van der Waals surface area contributed by atoms with E-state index in [0.717, 1.165) is 30.7 Å². The highest BCUT2D eigenvalue weighted by Gasteiger charge is 2.51. The second kappa shape index (κ2) is 10.8. The quantitative estimate of drug-likeness (QED) is 0.460. The molecular weight excluding hydrogens is 446 g/mol. The van der Waals surface area contributed by atoms with Gasteiger partial charge in [-0.05, 0) is 118 Å². The molecule has 2 atom stereocenters. The van der Waals surface area contributed by atoms with Gasteiger partial charge in [-0.1, -0.05) is 32.4 Å². The van der Waals surface area contributed by atoms with Crippen molar-refractivity contribution in [1.29, 1.82) is 0 Å². The topological polar surface area (TPSA) is 61.4 Å². The van der Waals surface area contributed by atoms with E-state index < -0.39 is 6.04 Å². The summed E-state index contributed by atoms with van der Waals surface area (Å²) in [5.74, 6) is 2.54. The minimum atomic E-state index is -0.519. The van der Waals surface area contributed by atoms with Gasteiger partial charge in [0.25, 0.3) is 5.91 Å². The number of nitrogens with zero attached hydrogens (tertiary/aromatic N) is 1. The Labute approximate surface area is 218 Å². The van der Waals surface area contributed by atoms with Crippen LogP contribution in [0.5, 0.6) is 0 Å². The number of hydrogen-bond donors (Lipinski definition) is 2. The van der Waals surface area contributed by atoms with Crippen molar-refractivity contribution in [2.75, 3.05) is 19.6 Å².